The molecule has 0 aliphatic carbocycles. The van der Waals surface area contributed by atoms with Gasteiger partial charge in [-0.15, -0.1) is 0 Å². The van der Waals surface area contributed by atoms with Crippen LogP contribution in [-0.4, -0.2) is 36.1 Å². The van der Waals surface area contributed by atoms with Gasteiger partial charge >= 0.3 is 0 Å². The van der Waals surface area contributed by atoms with Gasteiger partial charge in [0.15, 0.2) is 0 Å². The highest BCUT2D eigenvalue weighted by atomic mass is 16.3. The van der Waals surface area contributed by atoms with E-state index >= 15 is 0 Å². The summed E-state index contributed by atoms with van der Waals surface area (Å²) in [6, 6.07) is 11.2. The Bertz CT molecular complexity index is 623. The van der Waals surface area contributed by atoms with E-state index in [2.05, 4.69) is 5.32 Å². The van der Waals surface area contributed by atoms with Crippen molar-refractivity contribution >= 4 is 16.7 Å². The molecule has 0 heterocycles. The lowest BCUT2D eigenvalue weighted by Crippen LogP contribution is -2.41. The lowest BCUT2D eigenvalue weighted by atomic mass is 10.0. The first-order chi connectivity index (χ1) is 9.50. The fraction of sp³-hybridized carbons (Fsp3) is 0.312. The third kappa shape index (κ3) is 2.91. The molecule has 0 bridgehead atoms. The van der Waals surface area contributed by atoms with Crippen LogP contribution in [0.15, 0.2) is 36.4 Å². The molecule has 4 heteroatoms. The largest absolute Gasteiger partial charge is 0.508 e. The summed E-state index contributed by atoms with van der Waals surface area (Å²) in [4.78, 5) is 13.4. The highest BCUT2D eigenvalue weighted by molar-refractivity contribution is 5.87. The molecule has 0 saturated carbocycles. The van der Waals surface area contributed by atoms with Crippen LogP contribution in [0.3, 0.4) is 0 Å². The fourth-order valence-corrected chi connectivity index (χ4v) is 2.24. The summed E-state index contributed by atoms with van der Waals surface area (Å²) < 4.78 is 0. The molecule has 106 valence electrons. The van der Waals surface area contributed by atoms with Gasteiger partial charge in [-0.05, 0) is 23.8 Å². The van der Waals surface area contributed by atoms with Gasteiger partial charge in [-0.25, -0.2) is 0 Å². The Balaban J connectivity index is 2.21. The van der Waals surface area contributed by atoms with E-state index in [0.717, 1.165) is 16.3 Å². The molecule has 1 atom stereocenters. The maximum Gasteiger partial charge on any atom is 0.238 e. The van der Waals surface area contributed by atoms with Gasteiger partial charge in [-0.3, -0.25) is 4.79 Å². The maximum absolute atomic E-state index is 11.8. The van der Waals surface area contributed by atoms with Crippen molar-refractivity contribution in [3.8, 4) is 5.75 Å². The number of nitrogens with one attached hydrogen (secondary N) is 1. The number of carbonyl (C=O) groups is 1. The van der Waals surface area contributed by atoms with Crippen molar-refractivity contribution in [3.63, 3.8) is 0 Å². The maximum atomic E-state index is 11.8. The average molecular weight is 272 g/mol. The second-order valence-corrected chi connectivity index (χ2v) is 5.12. The van der Waals surface area contributed by atoms with E-state index < -0.39 is 0 Å². The number of carbonyl (C=O) groups excluding carboxylic acids is 1. The van der Waals surface area contributed by atoms with Crippen molar-refractivity contribution in [2.24, 2.45) is 0 Å². The van der Waals surface area contributed by atoms with Gasteiger partial charge < -0.3 is 15.3 Å². The van der Waals surface area contributed by atoms with E-state index in [1.54, 1.807) is 25.1 Å². The monoisotopic (exact) mass is 272 g/mol. The molecule has 2 rings (SSSR count). The van der Waals surface area contributed by atoms with E-state index in [0.29, 0.717) is 6.54 Å². The number of aromatic hydroxyl groups is 1. The Morgan fingerprint density at radius 2 is 1.95 bits per heavy atom. The van der Waals surface area contributed by atoms with Crippen molar-refractivity contribution in [1.29, 1.82) is 0 Å². The van der Waals surface area contributed by atoms with Gasteiger partial charge in [0, 0.05) is 26.2 Å². The first-order valence-corrected chi connectivity index (χ1v) is 6.65. The summed E-state index contributed by atoms with van der Waals surface area (Å²) in [6.45, 7) is 2.28. The number of rotatable bonds is 4. The van der Waals surface area contributed by atoms with E-state index in [4.69, 9.17) is 0 Å². The SMILES string of the molecule is CC(NCc1c(O)ccc2ccccc12)C(=O)N(C)C. The molecule has 1 unspecified atom stereocenters. The summed E-state index contributed by atoms with van der Waals surface area (Å²) in [6.07, 6.45) is 0. The number of hydrogen-bond donors (Lipinski definition) is 2. The first-order valence-electron chi connectivity index (χ1n) is 6.65. The normalized spacial score (nSPS) is 12.3. The molecule has 0 fully saturated rings. The van der Waals surface area contributed by atoms with E-state index in [1.807, 2.05) is 37.3 Å². The smallest absolute Gasteiger partial charge is 0.238 e. The van der Waals surface area contributed by atoms with Crippen LogP contribution in [0.5, 0.6) is 5.75 Å². The molecule has 2 aromatic rings. The number of amides is 1. The Morgan fingerprint density at radius 1 is 1.25 bits per heavy atom. The van der Waals surface area contributed by atoms with Gasteiger partial charge in [0.2, 0.25) is 5.91 Å². The number of nitrogens with zero attached hydrogens (tertiary/aromatic N) is 1. The highest BCUT2D eigenvalue weighted by Gasteiger charge is 2.15. The van der Waals surface area contributed by atoms with Crippen LogP contribution in [0.4, 0.5) is 0 Å². The summed E-state index contributed by atoms with van der Waals surface area (Å²) in [5, 5.41) is 15.3. The number of benzene rings is 2. The van der Waals surface area contributed by atoms with E-state index in [1.165, 1.54) is 0 Å². The molecular weight excluding hydrogens is 252 g/mol. The van der Waals surface area contributed by atoms with E-state index in [-0.39, 0.29) is 17.7 Å². The molecule has 0 aromatic heterocycles. The highest BCUT2D eigenvalue weighted by Crippen LogP contribution is 2.26. The number of fused-ring (bicyclic) bond motifs is 1. The first kappa shape index (κ1) is 14.3. The third-order valence-electron chi connectivity index (χ3n) is 3.41. The molecule has 0 aliphatic rings. The number of hydrogen-bond acceptors (Lipinski definition) is 3. The zero-order valence-corrected chi connectivity index (χ0v) is 12.1. The van der Waals surface area contributed by atoms with Crippen LogP contribution in [0.1, 0.15) is 12.5 Å². The van der Waals surface area contributed by atoms with Gasteiger partial charge in [0.05, 0.1) is 6.04 Å². The molecule has 0 spiro atoms. The number of likely N-dealkylation sites (N-methyl/N-ethyl adjacent to an activating group) is 1. The zero-order valence-electron chi connectivity index (χ0n) is 12.1. The predicted octanol–water partition coefficient (Wildman–Crippen LogP) is 2.11. The van der Waals surface area contributed by atoms with Gasteiger partial charge in [-0.1, -0.05) is 30.3 Å². The minimum absolute atomic E-state index is 0.0183. The Kier molecular flexibility index (Phi) is 4.25. The molecule has 2 aromatic carbocycles. The van der Waals surface area contributed by atoms with Crippen LogP contribution in [0, 0.1) is 0 Å². The minimum Gasteiger partial charge on any atom is -0.508 e. The van der Waals surface area contributed by atoms with Gasteiger partial charge in [0.25, 0.3) is 0 Å². The van der Waals surface area contributed by atoms with Gasteiger partial charge in [-0.2, -0.15) is 0 Å². The van der Waals surface area contributed by atoms with Crippen molar-refractivity contribution in [2.45, 2.75) is 19.5 Å². The Hall–Kier alpha value is -2.07. The topological polar surface area (TPSA) is 52.6 Å². The molecule has 1 amide bonds. The molecule has 4 nitrogen and oxygen atoms in total. The van der Waals surface area contributed by atoms with E-state index in [9.17, 15) is 9.90 Å². The zero-order chi connectivity index (χ0) is 14.7. The Labute approximate surface area is 119 Å². The molecular formula is C16H20N2O2. The van der Waals surface area contributed by atoms with Crippen molar-refractivity contribution < 1.29 is 9.90 Å². The Morgan fingerprint density at radius 3 is 2.65 bits per heavy atom. The second kappa shape index (κ2) is 5.92. The summed E-state index contributed by atoms with van der Waals surface area (Å²) in [5.74, 6) is 0.269. The standard InChI is InChI=1S/C16H20N2O2/c1-11(16(20)18(2)3)17-10-14-13-7-5-4-6-12(13)8-9-15(14)19/h4-9,11,17,19H,10H2,1-3H3. The molecule has 20 heavy (non-hydrogen) atoms. The fourth-order valence-electron chi connectivity index (χ4n) is 2.24. The quantitative estimate of drug-likeness (QED) is 0.896. The van der Waals surface area contributed by atoms with Crippen LogP contribution >= 0.6 is 0 Å². The van der Waals surface area contributed by atoms with Crippen LogP contribution in [0.25, 0.3) is 10.8 Å². The summed E-state index contributed by atoms with van der Waals surface area (Å²) in [7, 11) is 3.46. The lowest BCUT2D eigenvalue weighted by molar-refractivity contribution is -0.130. The van der Waals surface area contributed by atoms with Gasteiger partial charge in [0.1, 0.15) is 5.75 Å². The van der Waals surface area contributed by atoms with Crippen molar-refractivity contribution in [3.05, 3.63) is 42.0 Å². The van der Waals surface area contributed by atoms with Crippen LogP contribution in [-0.2, 0) is 11.3 Å². The minimum atomic E-state index is -0.289. The van der Waals surface area contributed by atoms with Crippen LogP contribution in [0.2, 0.25) is 0 Å². The third-order valence-corrected chi connectivity index (χ3v) is 3.41. The van der Waals surface area contributed by atoms with Crippen molar-refractivity contribution in [1.82, 2.24) is 10.2 Å². The average Bonchev–Trinajstić information content (AvgIpc) is 2.45. The van der Waals surface area contributed by atoms with Crippen LogP contribution < -0.4 is 5.32 Å². The second-order valence-electron chi connectivity index (χ2n) is 5.12. The predicted molar refractivity (Wildman–Crippen MR) is 80.6 cm³/mol. The summed E-state index contributed by atoms with van der Waals surface area (Å²) >= 11 is 0. The number of phenolic OH excluding ortho intramolecular Hbond substituents is 1. The molecule has 2 N–H and O–H groups in total. The molecule has 0 radical (unpaired) electrons. The number of phenols is 1. The van der Waals surface area contributed by atoms with Crippen molar-refractivity contribution in [2.75, 3.05) is 14.1 Å². The lowest BCUT2D eigenvalue weighted by Gasteiger charge is -2.19. The summed E-state index contributed by atoms with van der Waals surface area (Å²) in [5.41, 5.74) is 0.821. The molecule has 0 saturated heterocycles. The molecule has 0 aliphatic heterocycles.